The smallest absolute Gasteiger partial charge is 0.104 e. The maximum Gasteiger partial charge on any atom is 0.104 e. The molecule has 0 radical (unpaired) electrons. The van der Waals surface area contributed by atoms with Gasteiger partial charge >= 0.3 is 0 Å². The van der Waals surface area contributed by atoms with E-state index in [4.69, 9.17) is 11.0 Å². The molecule has 0 aromatic rings. The molecule has 1 rings (SSSR count). The van der Waals surface area contributed by atoms with Crippen LogP contribution >= 0.6 is 0 Å². The van der Waals surface area contributed by atoms with Crippen LogP contribution in [0.1, 0.15) is 39.0 Å². The predicted octanol–water partition coefficient (Wildman–Crippen LogP) is 1.49. The van der Waals surface area contributed by atoms with Crippen LogP contribution in [0.15, 0.2) is 0 Å². The summed E-state index contributed by atoms with van der Waals surface area (Å²) in [4.78, 5) is 2.40. The van der Waals surface area contributed by atoms with Crippen LogP contribution in [0.5, 0.6) is 0 Å². The van der Waals surface area contributed by atoms with E-state index in [1.807, 2.05) is 0 Å². The van der Waals surface area contributed by atoms with E-state index >= 15 is 0 Å². The van der Waals surface area contributed by atoms with Gasteiger partial charge in [-0.3, -0.25) is 0 Å². The van der Waals surface area contributed by atoms with Crippen molar-refractivity contribution >= 4 is 0 Å². The second kappa shape index (κ2) is 4.77. The van der Waals surface area contributed by atoms with Gasteiger partial charge in [-0.05, 0) is 45.7 Å². The molecule has 1 aliphatic rings. The summed E-state index contributed by atoms with van der Waals surface area (Å²) in [6.45, 7) is 3.34. The largest absolute Gasteiger partial charge is 0.313 e. The quantitative estimate of drug-likeness (QED) is 0.742. The molecule has 14 heavy (non-hydrogen) atoms. The first-order chi connectivity index (χ1) is 6.61. The molecule has 80 valence electrons. The molecule has 1 fully saturated rings. The van der Waals surface area contributed by atoms with Crippen molar-refractivity contribution in [3.8, 4) is 6.07 Å². The van der Waals surface area contributed by atoms with Crippen molar-refractivity contribution in [1.29, 1.82) is 5.26 Å². The van der Waals surface area contributed by atoms with E-state index in [1.165, 1.54) is 6.42 Å². The van der Waals surface area contributed by atoms with Gasteiger partial charge in [0.05, 0.1) is 6.07 Å². The maximum atomic E-state index is 8.89. The van der Waals surface area contributed by atoms with Crippen molar-refractivity contribution in [1.82, 2.24) is 4.90 Å². The minimum Gasteiger partial charge on any atom is -0.313 e. The molecule has 0 unspecified atom stereocenters. The van der Waals surface area contributed by atoms with Gasteiger partial charge in [0.1, 0.15) is 5.54 Å². The molecule has 1 saturated carbocycles. The van der Waals surface area contributed by atoms with Crippen LogP contribution in [0.2, 0.25) is 0 Å². The molecule has 0 heterocycles. The van der Waals surface area contributed by atoms with Gasteiger partial charge in [-0.25, -0.2) is 0 Å². The van der Waals surface area contributed by atoms with Gasteiger partial charge in [-0.2, -0.15) is 5.26 Å². The van der Waals surface area contributed by atoms with E-state index in [2.05, 4.69) is 24.9 Å². The zero-order valence-corrected chi connectivity index (χ0v) is 9.29. The molecular formula is C11H21N3. The highest BCUT2D eigenvalue weighted by molar-refractivity contribution is 5.07. The molecule has 0 bridgehead atoms. The Morgan fingerprint density at radius 2 is 2.07 bits per heavy atom. The minimum atomic E-state index is -0.538. The molecule has 0 aliphatic heterocycles. The van der Waals surface area contributed by atoms with Gasteiger partial charge < -0.3 is 10.6 Å². The molecule has 0 aromatic carbocycles. The second-order valence-corrected chi connectivity index (χ2v) is 4.48. The molecule has 0 aromatic heterocycles. The lowest BCUT2D eigenvalue weighted by molar-refractivity contribution is 0.168. The molecule has 3 heteroatoms. The lowest BCUT2D eigenvalue weighted by Crippen LogP contribution is -2.46. The van der Waals surface area contributed by atoms with Gasteiger partial charge in [-0.15, -0.1) is 0 Å². The number of hydrogen-bond acceptors (Lipinski definition) is 3. The predicted molar refractivity (Wildman–Crippen MR) is 57.7 cm³/mol. The van der Waals surface area contributed by atoms with Crippen LogP contribution in [0.25, 0.3) is 0 Å². The molecule has 0 saturated heterocycles. The summed E-state index contributed by atoms with van der Waals surface area (Å²) in [5.74, 6) is 0. The normalized spacial score (nSPS) is 32.9. The number of rotatable bonds is 3. The third-order valence-corrected chi connectivity index (χ3v) is 3.27. The van der Waals surface area contributed by atoms with E-state index in [-0.39, 0.29) is 0 Å². The van der Waals surface area contributed by atoms with Crippen LogP contribution in [0.4, 0.5) is 0 Å². The number of nitrogens with zero attached hydrogens (tertiary/aromatic N) is 2. The fraction of sp³-hybridized carbons (Fsp3) is 0.909. The highest BCUT2D eigenvalue weighted by Crippen LogP contribution is 2.28. The Morgan fingerprint density at radius 3 is 2.50 bits per heavy atom. The molecule has 1 aliphatic carbocycles. The van der Waals surface area contributed by atoms with Crippen molar-refractivity contribution in [2.75, 3.05) is 13.6 Å². The van der Waals surface area contributed by atoms with Gasteiger partial charge in [0.2, 0.25) is 0 Å². The second-order valence-electron chi connectivity index (χ2n) is 4.48. The summed E-state index contributed by atoms with van der Waals surface area (Å²) in [7, 11) is 2.17. The third-order valence-electron chi connectivity index (χ3n) is 3.27. The summed E-state index contributed by atoms with van der Waals surface area (Å²) in [6, 6.07) is 2.87. The summed E-state index contributed by atoms with van der Waals surface area (Å²) >= 11 is 0. The lowest BCUT2D eigenvalue weighted by Gasteiger charge is -2.36. The number of hydrogen-bond donors (Lipinski definition) is 1. The zero-order valence-electron chi connectivity index (χ0n) is 9.29. The van der Waals surface area contributed by atoms with E-state index in [9.17, 15) is 0 Å². The van der Waals surface area contributed by atoms with Gasteiger partial charge in [0.15, 0.2) is 0 Å². The van der Waals surface area contributed by atoms with E-state index in [1.54, 1.807) is 0 Å². The Bertz CT molecular complexity index is 211. The SMILES string of the molecule is CCCN(C)C1CCC(N)(C#N)CC1. The zero-order chi connectivity index (χ0) is 10.6. The van der Waals surface area contributed by atoms with Crippen LogP contribution in [-0.4, -0.2) is 30.1 Å². The van der Waals surface area contributed by atoms with Crippen LogP contribution < -0.4 is 5.73 Å². The molecule has 0 spiro atoms. The van der Waals surface area contributed by atoms with Crippen LogP contribution in [0, 0.1) is 11.3 Å². The van der Waals surface area contributed by atoms with Crippen molar-refractivity contribution < 1.29 is 0 Å². The van der Waals surface area contributed by atoms with Crippen LogP contribution in [-0.2, 0) is 0 Å². The number of nitriles is 1. The Labute approximate surface area is 86.9 Å². The first-order valence-corrected chi connectivity index (χ1v) is 5.51. The van der Waals surface area contributed by atoms with E-state index in [0.29, 0.717) is 6.04 Å². The first kappa shape index (κ1) is 11.5. The van der Waals surface area contributed by atoms with Crippen molar-refractivity contribution in [3.63, 3.8) is 0 Å². The number of nitrogens with two attached hydrogens (primary N) is 1. The Hall–Kier alpha value is -0.590. The van der Waals surface area contributed by atoms with Crippen molar-refractivity contribution in [3.05, 3.63) is 0 Å². The summed E-state index contributed by atoms with van der Waals surface area (Å²) in [5.41, 5.74) is 5.38. The summed E-state index contributed by atoms with van der Waals surface area (Å²) in [6.07, 6.45) is 5.03. The summed E-state index contributed by atoms with van der Waals surface area (Å²) < 4.78 is 0. The lowest BCUT2D eigenvalue weighted by atomic mass is 9.81. The van der Waals surface area contributed by atoms with Crippen molar-refractivity contribution in [2.24, 2.45) is 5.73 Å². The average molecular weight is 195 g/mol. The van der Waals surface area contributed by atoms with Gasteiger partial charge in [-0.1, -0.05) is 6.92 Å². The van der Waals surface area contributed by atoms with Crippen molar-refractivity contribution in [2.45, 2.75) is 50.6 Å². The minimum absolute atomic E-state index is 0.538. The Balaban J connectivity index is 2.40. The maximum absolute atomic E-state index is 8.89. The fourth-order valence-electron chi connectivity index (χ4n) is 2.21. The molecule has 0 amide bonds. The highest BCUT2D eigenvalue weighted by atomic mass is 15.1. The molecule has 2 N–H and O–H groups in total. The average Bonchev–Trinajstić information content (AvgIpc) is 2.19. The standard InChI is InChI=1S/C11H21N3/c1-3-8-14(2)10-4-6-11(13,9-12)7-5-10/h10H,3-8,13H2,1-2H3. The Kier molecular flexibility index (Phi) is 3.91. The third kappa shape index (κ3) is 2.70. The molecule has 3 nitrogen and oxygen atoms in total. The fourth-order valence-corrected chi connectivity index (χ4v) is 2.21. The van der Waals surface area contributed by atoms with Gasteiger partial charge in [0, 0.05) is 6.04 Å². The van der Waals surface area contributed by atoms with Gasteiger partial charge in [0.25, 0.3) is 0 Å². The van der Waals surface area contributed by atoms with Crippen LogP contribution in [0.3, 0.4) is 0 Å². The van der Waals surface area contributed by atoms with E-state index in [0.717, 1.165) is 32.2 Å². The monoisotopic (exact) mass is 195 g/mol. The Morgan fingerprint density at radius 1 is 1.50 bits per heavy atom. The first-order valence-electron chi connectivity index (χ1n) is 5.51. The summed E-state index contributed by atoms with van der Waals surface area (Å²) in [5, 5.41) is 8.89. The molecular weight excluding hydrogens is 174 g/mol. The topological polar surface area (TPSA) is 53.0 Å². The highest BCUT2D eigenvalue weighted by Gasteiger charge is 2.32. The molecule has 0 atom stereocenters. The van der Waals surface area contributed by atoms with E-state index < -0.39 is 5.54 Å².